The molecule has 0 amide bonds. The van der Waals surface area contributed by atoms with E-state index in [1.165, 1.54) is 12.5 Å². The second kappa shape index (κ2) is 7.73. The van der Waals surface area contributed by atoms with Crippen molar-refractivity contribution in [2.45, 2.75) is 51.2 Å². The van der Waals surface area contributed by atoms with Crippen molar-refractivity contribution in [2.24, 2.45) is 0 Å². The molecule has 0 aliphatic carbocycles. The average Bonchev–Trinajstić information content (AvgIpc) is 2.67. The maximum atomic E-state index is 12.7. The molecule has 0 radical (unpaired) electrons. The van der Waals surface area contributed by atoms with Gasteiger partial charge in [-0.05, 0) is 45.8 Å². The van der Waals surface area contributed by atoms with Crippen molar-refractivity contribution in [3.8, 4) is 11.5 Å². The molecule has 2 saturated heterocycles. The van der Waals surface area contributed by atoms with Gasteiger partial charge >= 0.3 is 0 Å². The van der Waals surface area contributed by atoms with Crippen LogP contribution in [0.1, 0.15) is 48.5 Å². The minimum absolute atomic E-state index is 0.0599. The van der Waals surface area contributed by atoms with Crippen LogP contribution in [0.3, 0.4) is 0 Å². The second-order valence-electron chi connectivity index (χ2n) is 8.02. The van der Waals surface area contributed by atoms with Gasteiger partial charge in [-0.3, -0.25) is 9.69 Å². The van der Waals surface area contributed by atoms with E-state index in [9.17, 15) is 20.1 Å². The summed E-state index contributed by atoms with van der Waals surface area (Å²) < 4.78 is 5.82. The summed E-state index contributed by atoms with van der Waals surface area (Å²) in [4.78, 5) is 14.9. The number of aliphatic hydroxyl groups excluding tert-OH is 1. The Morgan fingerprint density at radius 2 is 1.96 bits per heavy atom. The number of rotatable bonds is 3. The van der Waals surface area contributed by atoms with Crippen LogP contribution in [0.5, 0.6) is 11.5 Å². The molecule has 1 aromatic heterocycles. The molecule has 2 aromatic rings. The van der Waals surface area contributed by atoms with E-state index in [4.69, 9.17) is 4.42 Å². The van der Waals surface area contributed by atoms with E-state index in [-0.39, 0.29) is 33.8 Å². The maximum absolute atomic E-state index is 12.7. The Hall–Kier alpha value is -2.09. The van der Waals surface area contributed by atoms with Gasteiger partial charge in [-0.1, -0.05) is 6.42 Å². The Morgan fingerprint density at radius 3 is 2.68 bits per heavy atom. The number of likely N-dealkylation sites (tertiary alicyclic amines) is 1. The fourth-order valence-electron chi connectivity index (χ4n) is 4.57. The summed E-state index contributed by atoms with van der Waals surface area (Å²) in [6.07, 6.45) is 3.24. The van der Waals surface area contributed by atoms with E-state index in [0.29, 0.717) is 42.9 Å². The molecule has 2 aliphatic rings. The van der Waals surface area contributed by atoms with Crippen LogP contribution in [0, 0.1) is 6.92 Å². The fraction of sp³-hybridized carbons (Fsp3) is 0.571. The number of aromatic hydroxyl groups is 2. The quantitative estimate of drug-likeness (QED) is 0.637. The SMILES string of the molecule is Cc1cc(=O)c2c(O)c(CN3CCCCC3)c(O)c(C3CCNCC3O)c2o1. The summed E-state index contributed by atoms with van der Waals surface area (Å²) in [6.45, 7) is 4.93. The van der Waals surface area contributed by atoms with Gasteiger partial charge in [0.05, 0.1) is 11.7 Å². The summed E-state index contributed by atoms with van der Waals surface area (Å²) in [5.41, 5.74) is 0.648. The van der Waals surface area contributed by atoms with Gasteiger partial charge in [0.15, 0.2) is 5.43 Å². The van der Waals surface area contributed by atoms with Crippen molar-refractivity contribution in [3.63, 3.8) is 0 Å². The first-order valence-electron chi connectivity index (χ1n) is 10.1. The Balaban J connectivity index is 1.93. The first-order valence-corrected chi connectivity index (χ1v) is 10.1. The number of phenols is 2. The molecule has 152 valence electrons. The minimum Gasteiger partial charge on any atom is -0.507 e. The first-order chi connectivity index (χ1) is 13.5. The molecule has 1 aromatic carbocycles. The molecule has 2 aliphatic heterocycles. The molecule has 2 atom stereocenters. The zero-order chi connectivity index (χ0) is 19.8. The number of piperidine rings is 2. The van der Waals surface area contributed by atoms with Gasteiger partial charge < -0.3 is 25.1 Å². The number of β-amino-alcohol motifs (C(OH)–C–C–N with tert-alkyl or cyclic N) is 1. The lowest BCUT2D eigenvalue weighted by molar-refractivity contribution is 0.117. The highest BCUT2D eigenvalue weighted by atomic mass is 16.3. The normalized spacial score (nSPS) is 23.9. The monoisotopic (exact) mass is 388 g/mol. The Kier molecular flexibility index (Phi) is 5.31. The van der Waals surface area contributed by atoms with E-state index < -0.39 is 6.10 Å². The van der Waals surface area contributed by atoms with E-state index >= 15 is 0 Å². The van der Waals surface area contributed by atoms with Crippen molar-refractivity contribution in [1.29, 1.82) is 0 Å². The third-order valence-corrected chi connectivity index (χ3v) is 6.03. The molecule has 0 saturated carbocycles. The van der Waals surface area contributed by atoms with Crippen LogP contribution in [-0.2, 0) is 6.54 Å². The zero-order valence-electron chi connectivity index (χ0n) is 16.2. The van der Waals surface area contributed by atoms with Gasteiger partial charge in [-0.2, -0.15) is 0 Å². The third-order valence-electron chi connectivity index (χ3n) is 6.03. The summed E-state index contributed by atoms with van der Waals surface area (Å²) in [7, 11) is 0. The Morgan fingerprint density at radius 1 is 1.21 bits per heavy atom. The van der Waals surface area contributed by atoms with Crippen molar-refractivity contribution in [3.05, 3.63) is 33.2 Å². The zero-order valence-corrected chi connectivity index (χ0v) is 16.2. The molecular weight excluding hydrogens is 360 g/mol. The van der Waals surface area contributed by atoms with E-state index in [1.54, 1.807) is 6.92 Å². The minimum atomic E-state index is -0.707. The summed E-state index contributed by atoms with van der Waals surface area (Å²) in [5.74, 6) is -0.228. The average molecular weight is 388 g/mol. The number of nitrogens with one attached hydrogen (secondary N) is 1. The van der Waals surface area contributed by atoms with Crippen LogP contribution in [0.2, 0.25) is 0 Å². The van der Waals surface area contributed by atoms with Gasteiger partial charge in [0.2, 0.25) is 0 Å². The van der Waals surface area contributed by atoms with Crippen molar-refractivity contribution >= 4 is 11.0 Å². The van der Waals surface area contributed by atoms with Crippen molar-refractivity contribution in [1.82, 2.24) is 10.2 Å². The lowest BCUT2D eigenvalue weighted by atomic mass is 9.84. The van der Waals surface area contributed by atoms with Gasteiger partial charge in [0.1, 0.15) is 28.2 Å². The van der Waals surface area contributed by atoms with Crippen LogP contribution in [-0.4, -0.2) is 52.5 Å². The number of nitrogens with zero attached hydrogens (tertiary/aromatic N) is 1. The van der Waals surface area contributed by atoms with Crippen LogP contribution in [0.25, 0.3) is 11.0 Å². The largest absolute Gasteiger partial charge is 0.507 e. The summed E-state index contributed by atoms with van der Waals surface area (Å²) in [6, 6.07) is 1.35. The van der Waals surface area contributed by atoms with E-state index in [0.717, 1.165) is 25.9 Å². The molecule has 2 fully saturated rings. The third kappa shape index (κ3) is 3.38. The highest BCUT2D eigenvalue weighted by Crippen LogP contribution is 2.45. The molecule has 3 heterocycles. The molecule has 4 N–H and O–H groups in total. The standard InChI is InChI=1S/C21H28N2O5/c1-12-9-15(24)18-20(27)14(11-23-7-3-2-4-8-23)19(26)17(21(18)28-12)13-5-6-22-10-16(13)25/h9,13,16,22,25-27H,2-8,10-11H2,1H3. The molecule has 7 nitrogen and oxygen atoms in total. The van der Waals surface area contributed by atoms with Crippen LogP contribution in [0.4, 0.5) is 0 Å². The number of benzene rings is 1. The van der Waals surface area contributed by atoms with Crippen molar-refractivity contribution in [2.75, 3.05) is 26.2 Å². The first kappa shape index (κ1) is 19.2. The van der Waals surface area contributed by atoms with Gasteiger partial charge in [-0.15, -0.1) is 0 Å². The van der Waals surface area contributed by atoms with Crippen molar-refractivity contribution < 1.29 is 19.7 Å². The number of aliphatic hydroxyl groups is 1. The predicted octanol–water partition coefficient (Wildman–Crippen LogP) is 1.94. The molecule has 2 unspecified atom stereocenters. The Bertz CT molecular complexity index is 933. The molecule has 7 heteroatoms. The lowest BCUT2D eigenvalue weighted by Gasteiger charge is -2.31. The summed E-state index contributed by atoms with van der Waals surface area (Å²) >= 11 is 0. The van der Waals surface area contributed by atoms with Crippen LogP contribution >= 0.6 is 0 Å². The number of fused-ring (bicyclic) bond motifs is 1. The van der Waals surface area contributed by atoms with Gasteiger partial charge in [-0.25, -0.2) is 0 Å². The van der Waals surface area contributed by atoms with E-state index in [1.807, 2.05) is 0 Å². The highest BCUT2D eigenvalue weighted by Gasteiger charge is 2.33. The number of phenolic OH excluding ortho intramolecular Hbond substituents is 2. The fourth-order valence-corrected chi connectivity index (χ4v) is 4.57. The number of aryl methyl sites for hydroxylation is 1. The molecule has 28 heavy (non-hydrogen) atoms. The Labute approximate surface area is 163 Å². The van der Waals surface area contributed by atoms with Gasteiger partial charge in [0.25, 0.3) is 0 Å². The lowest BCUT2D eigenvalue weighted by Crippen LogP contribution is -2.39. The predicted molar refractivity (Wildman–Crippen MR) is 106 cm³/mol. The van der Waals surface area contributed by atoms with Crippen LogP contribution < -0.4 is 10.7 Å². The highest BCUT2D eigenvalue weighted by molar-refractivity contribution is 5.90. The molecule has 0 bridgehead atoms. The topological polar surface area (TPSA) is 106 Å². The number of hydrogen-bond donors (Lipinski definition) is 4. The number of hydrogen-bond acceptors (Lipinski definition) is 7. The molecular formula is C21H28N2O5. The molecule has 4 rings (SSSR count). The summed E-state index contributed by atoms with van der Waals surface area (Å²) in [5, 5.41) is 35.9. The smallest absolute Gasteiger partial charge is 0.196 e. The van der Waals surface area contributed by atoms with Gasteiger partial charge in [0, 0.05) is 30.6 Å². The maximum Gasteiger partial charge on any atom is 0.196 e. The second-order valence-corrected chi connectivity index (χ2v) is 8.02. The van der Waals surface area contributed by atoms with Crippen LogP contribution in [0.15, 0.2) is 15.3 Å². The molecule has 0 spiro atoms. The van der Waals surface area contributed by atoms with E-state index in [2.05, 4.69) is 10.2 Å².